The Morgan fingerprint density at radius 2 is 2.38 bits per heavy atom. The minimum Gasteiger partial charge on any atom is -0.384 e. The second kappa shape index (κ2) is 6.40. The Morgan fingerprint density at radius 1 is 1.52 bits per heavy atom. The summed E-state index contributed by atoms with van der Waals surface area (Å²) in [5.74, 6) is 2.44. The molecule has 6 heteroatoms. The Kier molecular flexibility index (Phi) is 4.54. The minimum atomic E-state index is 0.0729. The van der Waals surface area contributed by atoms with Gasteiger partial charge in [-0.05, 0) is 25.5 Å². The summed E-state index contributed by atoms with van der Waals surface area (Å²) in [6.07, 6.45) is 5.01. The van der Waals surface area contributed by atoms with Crippen molar-refractivity contribution < 1.29 is 9.53 Å². The molecule has 1 aromatic heterocycles. The monoisotopic (exact) mass is 309 g/mol. The number of ether oxygens (including phenoxy) is 1. The van der Waals surface area contributed by atoms with Crippen LogP contribution in [0.4, 0.5) is 0 Å². The highest BCUT2D eigenvalue weighted by atomic mass is 32.2. The zero-order chi connectivity index (χ0) is 14.8. The summed E-state index contributed by atoms with van der Waals surface area (Å²) in [6, 6.07) is 0.0729. The largest absolute Gasteiger partial charge is 0.384 e. The number of amides is 1. The van der Waals surface area contributed by atoms with Gasteiger partial charge in [-0.15, -0.1) is 11.8 Å². The van der Waals surface area contributed by atoms with Crippen LogP contribution in [0, 0.1) is 0 Å². The molecule has 0 unspecified atom stereocenters. The number of hydrogen-bond donors (Lipinski definition) is 0. The van der Waals surface area contributed by atoms with Gasteiger partial charge in [-0.1, -0.05) is 0 Å². The lowest BCUT2D eigenvalue weighted by Gasteiger charge is -2.35. The minimum absolute atomic E-state index is 0.0729. The van der Waals surface area contributed by atoms with Crippen LogP contribution in [0.2, 0.25) is 0 Å². The number of aromatic nitrogens is 2. The van der Waals surface area contributed by atoms with Crippen LogP contribution in [0.1, 0.15) is 37.3 Å². The number of nitrogens with zero attached hydrogens (tertiary/aromatic N) is 3. The predicted molar refractivity (Wildman–Crippen MR) is 83.4 cm³/mol. The fourth-order valence-electron chi connectivity index (χ4n) is 3.22. The van der Waals surface area contributed by atoms with Crippen molar-refractivity contribution in [3.8, 4) is 0 Å². The van der Waals surface area contributed by atoms with E-state index in [0.29, 0.717) is 12.5 Å². The number of imidazole rings is 1. The molecule has 0 bridgehead atoms. The third-order valence-electron chi connectivity index (χ3n) is 4.43. The van der Waals surface area contributed by atoms with Crippen molar-refractivity contribution in [2.75, 3.05) is 26.0 Å². The van der Waals surface area contributed by atoms with Crippen molar-refractivity contribution in [2.45, 2.75) is 44.0 Å². The van der Waals surface area contributed by atoms with E-state index in [1.54, 1.807) is 7.11 Å². The molecule has 0 saturated carbocycles. The van der Waals surface area contributed by atoms with Gasteiger partial charge in [-0.25, -0.2) is 4.98 Å². The van der Waals surface area contributed by atoms with Crippen molar-refractivity contribution in [2.24, 2.45) is 0 Å². The normalized spacial score (nSPS) is 25.1. The van der Waals surface area contributed by atoms with Gasteiger partial charge in [0.2, 0.25) is 5.91 Å². The predicted octanol–water partition coefficient (Wildman–Crippen LogP) is 1.87. The zero-order valence-electron chi connectivity index (χ0n) is 12.7. The maximum atomic E-state index is 12.6. The lowest BCUT2D eigenvalue weighted by Crippen LogP contribution is -2.44. The number of carbonyl (C=O) groups excluding carboxylic acids is 1. The maximum Gasteiger partial charge on any atom is 0.236 e. The molecule has 116 valence electrons. The number of methoxy groups -OCH3 is 1. The van der Waals surface area contributed by atoms with Crippen molar-refractivity contribution in [1.82, 2.24) is 14.5 Å². The van der Waals surface area contributed by atoms with E-state index in [0.717, 1.165) is 37.5 Å². The smallest absolute Gasteiger partial charge is 0.236 e. The fraction of sp³-hybridized carbons (Fsp3) is 0.733. The molecule has 3 heterocycles. The number of carbonyl (C=O) groups is 1. The summed E-state index contributed by atoms with van der Waals surface area (Å²) in [6.45, 7) is 4.44. The highest BCUT2D eigenvalue weighted by Crippen LogP contribution is 2.32. The van der Waals surface area contributed by atoms with Crippen LogP contribution >= 0.6 is 11.8 Å². The van der Waals surface area contributed by atoms with Crippen LogP contribution < -0.4 is 0 Å². The standard InChI is InChI=1S/C15H23N3O2S/c1-11-14-16-10-12(5-8-20-2)18(14)7-6-17(11)15(19)13-4-3-9-21-13/h10-11,13H,3-9H2,1-2H3/t11-,13-/m1/s1. The van der Waals surface area contributed by atoms with Gasteiger partial charge in [0.1, 0.15) is 5.82 Å². The molecule has 0 aromatic carbocycles. The molecular formula is C15H23N3O2S. The van der Waals surface area contributed by atoms with E-state index in [4.69, 9.17) is 4.74 Å². The van der Waals surface area contributed by atoms with Crippen LogP contribution in [-0.2, 0) is 22.5 Å². The molecule has 3 rings (SSSR count). The Labute approximate surface area is 130 Å². The maximum absolute atomic E-state index is 12.6. The molecule has 0 spiro atoms. The van der Waals surface area contributed by atoms with E-state index in [1.165, 1.54) is 12.1 Å². The molecular weight excluding hydrogens is 286 g/mol. The number of fused-ring (bicyclic) bond motifs is 1. The molecule has 1 amide bonds. The zero-order valence-corrected chi connectivity index (χ0v) is 13.6. The lowest BCUT2D eigenvalue weighted by molar-refractivity contribution is -0.134. The van der Waals surface area contributed by atoms with Gasteiger partial charge in [-0.3, -0.25) is 4.79 Å². The van der Waals surface area contributed by atoms with Crippen LogP contribution in [0.5, 0.6) is 0 Å². The van der Waals surface area contributed by atoms with E-state index in [2.05, 4.69) is 16.5 Å². The van der Waals surface area contributed by atoms with Gasteiger partial charge in [-0.2, -0.15) is 0 Å². The molecule has 1 fully saturated rings. The summed E-state index contributed by atoms with van der Waals surface area (Å²) in [7, 11) is 1.72. The second-order valence-electron chi connectivity index (χ2n) is 5.71. The number of thioether (sulfide) groups is 1. The van der Waals surface area contributed by atoms with E-state index in [-0.39, 0.29) is 11.3 Å². The summed E-state index contributed by atoms with van der Waals surface area (Å²) >= 11 is 1.81. The molecule has 1 saturated heterocycles. The van der Waals surface area contributed by atoms with E-state index in [9.17, 15) is 4.79 Å². The number of rotatable bonds is 4. The average molecular weight is 309 g/mol. The summed E-state index contributed by atoms with van der Waals surface area (Å²) in [5, 5.41) is 0.168. The fourth-order valence-corrected chi connectivity index (χ4v) is 4.45. The first-order chi connectivity index (χ1) is 10.2. The van der Waals surface area contributed by atoms with Gasteiger partial charge >= 0.3 is 0 Å². The first kappa shape index (κ1) is 14.9. The highest BCUT2D eigenvalue weighted by Gasteiger charge is 2.35. The Bertz CT molecular complexity index is 511. The molecule has 1 aromatic rings. The van der Waals surface area contributed by atoms with Crippen molar-refractivity contribution >= 4 is 17.7 Å². The van der Waals surface area contributed by atoms with Gasteiger partial charge in [0.05, 0.1) is 17.9 Å². The highest BCUT2D eigenvalue weighted by molar-refractivity contribution is 8.00. The molecule has 2 atom stereocenters. The Hall–Kier alpha value is -1.01. The summed E-state index contributed by atoms with van der Waals surface area (Å²) in [5.41, 5.74) is 1.21. The van der Waals surface area contributed by atoms with Gasteiger partial charge < -0.3 is 14.2 Å². The third-order valence-corrected chi connectivity index (χ3v) is 5.79. The van der Waals surface area contributed by atoms with Crippen LogP contribution in [0.3, 0.4) is 0 Å². The quantitative estimate of drug-likeness (QED) is 0.852. The van der Waals surface area contributed by atoms with E-state index < -0.39 is 0 Å². The van der Waals surface area contributed by atoms with Gasteiger partial charge in [0, 0.05) is 38.5 Å². The molecule has 2 aliphatic rings. The topological polar surface area (TPSA) is 47.4 Å². The van der Waals surface area contributed by atoms with E-state index >= 15 is 0 Å². The van der Waals surface area contributed by atoms with Crippen LogP contribution in [0.25, 0.3) is 0 Å². The Morgan fingerprint density at radius 3 is 3.10 bits per heavy atom. The van der Waals surface area contributed by atoms with Gasteiger partial charge in [0.25, 0.3) is 0 Å². The molecule has 0 N–H and O–H groups in total. The van der Waals surface area contributed by atoms with Crippen LogP contribution in [0.15, 0.2) is 6.20 Å². The second-order valence-corrected chi connectivity index (χ2v) is 7.02. The van der Waals surface area contributed by atoms with Crippen molar-refractivity contribution in [1.29, 1.82) is 0 Å². The Balaban J connectivity index is 1.74. The van der Waals surface area contributed by atoms with Crippen molar-refractivity contribution in [3.63, 3.8) is 0 Å². The molecule has 21 heavy (non-hydrogen) atoms. The summed E-state index contributed by atoms with van der Waals surface area (Å²) < 4.78 is 7.41. The lowest BCUT2D eigenvalue weighted by atomic mass is 10.1. The summed E-state index contributed by atoms with van der Waals surface area (Å²) in [4.78, 5) is 19.2. The first-order valence-corrected chi connectivity index (χ1v) is 8.72. The SMILES string of the molecule is COCCc1cnc2n1CCN(C(=O)[C@H]1CCCS1)[C@@H]2C. The van der Waals surface area contributed by atoms with Crippen LogP contribution in [-0.4, -0.2) is 51.6 Å². The van der Waals surface area contributed by atoms with Gasteiger partial charge in [0.15, 0.2) is 0 Å². The molecule has 0 aliphatic carbocycles. The third kappa shape index (κ3) is 2.83. The average Bonchev–Trinajstić information content (AvgIpc) is 3.15. The molecule has 5 nitrogen and oxygen atoms in total. The van der Waals surface area contributed by atoms with Crippen molar-refractivity contribution in [3.05, 3.63) is 17.7 Å². The molecule has 0 radical (unpaired) electrons. The molecule has 2 aliphatic heterocycles. The van der Waals surface area contributed by atoms with E-state index in [1.807, 2.05) is 22.9 Å². The number of hydrogen-bond acceptors (Lipinski definition) is 4. The first-order valence-electron chi connectivity index (χ1n) is 7.67.